The van der Waals surface area contributed by atoms with E-state index in [4.69, 9.17) is 5.73 Å². The van der Waals surface area contributed by atoms with Gasteiger partial charge in [-0.2, -0.15) is 0 Å². The molecule has 5 nitrogen and oxygen atoms in total. The van der Waals surface area contributed by atoms with Crippen molar-refractivity contribution in [2.75, 3.05) is 6.54 Å². The summed E-state index contributed by atoms with van der Waals surface area (Å²) in [6.45, 7) is 3.30. The van der Waals surface area contributed by atoms with Crippen LogP contribution in [0.5, 0.6) is 0 Å². The van der Waals surface area contributed by atoms with Gasteiger partial charge in [-0.05, 0) is 50.8 Å². The van der Waals surface area contributed by atoms with Crippen LogP contribution in [0.4, 0.5) is 0 Å². The van der Waals surface area contributed by atoms with Gasteiger partial charge in [-0.1, -0.05) is 13.0 Å². The highest BCUT2D eigenvalue weighted by Crippen LogP contribution is 2.32. The van der Waals surface area contributed by atoms with Crippen LogP contribution < -0.4 is 11.1 Å². The SMILES string of the molecule is CCCN[C@H]1CC[C@@H](c2nc3cccc(C(N)=O)c3[nH]2)CC1. The number of para-hydroxylation sites is 1. The first-order valence-corrected chi connectivity index (χ1v) is 8.21. The largest absolute Gasteiger partial charge is 0.366 e. The van der Waals surface area contributed by atoms with Crippen molar-refractivity contribution in [2.24, 2.45) is 5.73 Å². The van der Waals surface area contributed by atoms with Crippen LogP contribution in [0.25, 0.3) is 11.0 Å². The zero-order valence-electron chi connectivity index (χ0n) is 13.1. The van der Waals surface area contributed by atoms with Gasteiger partial charge in [-0.25, -0.2) is 4.98 Å². The molecule has 0 spiro atoms. The van der Waals surface area contributed by atoms with Gasteiger partial charge in [0, 0.05) is 12.0 Å². The Morgan fingerprint density at radius 3 is 2.82 bits per heavy atom. The lowest BCUT2D eigenvalue weighted by atomic mass is 9.85. The number of carbonyl (C=O) groups excluding carboxylic acids is 1. The van der Waals surface area contributed by atoms with E-state index >= 15 is 0 Å². The molecule has 1 aliphatic rings. The number of hydrogen-bond acceptors (Lipinski definition) is 3. The highest BCUT2D eigenvalue weighted by Gasteiger charge is 2.24. The van der Waals surface area contributed by atoms with E-state index < -0.39 is 5.91 Å². The van der Waals surface area contributed by atoms with Crippen molar-refractivity contribution in [3.8, 4) is 0 Å². The number of aromatic nitrogens is 2. The second-order valence-electron chi connectivity index (χ2n) is 6.19. The van der Waals surface area contributed by atoms with Crippen LogP contribution >= 0.6 is 0 Å². The van der Waals surface area contributed by atoms with Crippen LogP contribution in [-0.4, -0.2) is 28.5 Å². The fraction of sp³-hybridized carbons (Fsp3) is 0.529. The third-order valence-corrected chi connectivity index (χ3v) is 4.60. The number of imidazole rings is 1. The maximum absolute atomic E-state index is 11.5. The summed E-state index contributed by atoms with van der Waals surface area (Å²) in [5.41, 5.74) is 7.57. The predicted octanol–water partition coefficient (Wildman–Crippen LogP) is 2.69. The first-order chi connectivity index (χ1) is 10.7. The number of fused-ring (bicyclic) bond motifs is 1. The highest BCUT2D eigenvalue weighted by atomic mass is 16.1. The van der Waals surface area contributed by atoms with Crippen molar-refractivity contribution in [1.82, 2.24) is 15.3 Å². The minimum Gasteiger partial charge on any atom is -0.366 e. The van der Waals surface area contributed by atoms with E-state index in [-0.39, 0.29) is 0 Å². The van der Waals surface area contributed by atoms with Crippen LogP contribution in [0, 0.1) is 0 Å². The summed E-state index contributed by atoms with van der Waals surface area (Å²) in [5.74, 6) is 1.04. The normalized spacial score (nSPS) is 22.0. The number of nitrogens with two attached hydrogens (primary N) is 1. The van der Waals surface area contributed by atoms with Gasteiger partial charge in [0.2, 0.25) is 0 Å². The van der Waals surface area contributed by atoms with Gasteiger partial charge in [0.25, 0.3) is 5.91 Å². The van der Waals surface area contributed by atoms with Crippen LogP contribution in [0.3, 0.4) is 0 Å². The maximum atomic E-state index is 11.5. The summed E-state index contributed by atoms with van der Waals surface area (Å²) in [6, 6.07) is 6.15. The number of primary amides is 1. The lowest BCUT2D eigenvalue weighted by Crippen LogP contribution is -2.33. The van der Waals surface area contributed by atoms with E-state index in [1.807, 2.05) is 12.1 Å². The maximum Gasteiger partial charge on any atom is 0.250 e. The van der Waals surface area contributed by atoms with Gasteiger partial charge in [-0.15, -0.1) is 0 Å². The van der Waals surface area contributed by atoms with Crippen molar-refractivity contribution in [3.05, 3.63) is 29.6 Å². The molecule has 22 heavy (non-hydrogen) atoms. The third-order valence-electron chi connectivity index (χ3n) is 4.60. The van der Waals surface area contributed by atoms with Crippen molar-refractivity contribution >= 4 is 16.9 Å². The van der Waals surface area contributed by atoms with E-state index in [1.165, 1.54) is 19.3 Å². The molecular formula is C17H24N4O. The second-order valence-corrected chi connectivity index (χ2v) is 6.19. The number of carbonyl (C=O) groups is 1. The second kappa shape index (κ2) is 6.48. The molecule has 5 heteroatoms. The lowest BCUT2D eigenvalue weighted by molar-refractivity contribution is 0.100. The lowest BCUT2D eigenvalue weighted by Gasteiger charge is -2.28. The Morgan fingerprint density at radius 1 is 1.36 bits per heavy atom. The quantitative estimate of drug-likeness (QED) is 0.793. The Balaban J connectivity index is 1.75. The topological polar surface area (TPSA) is 83.8 Å². The monoisotopic (exact) mass is 300 g/mol. The molecule has 0 unspecified atom stereocenters. The minimum absolute atomic E-state index is 0.409. The van der Waals surface area contributed by atoms with Crippen LogP contribution in [0.15, 0.2) is 18.2 Å². The number of H-pyrrole nitrogens is 1. The van der Waals surface area contributed by atoms with Crippen molar-refractivity contribution in [2.45, 2.75) is 51.0 Å². The number of rotatable bonds is 5. The number of amides is 1. The molecule has 1 fully saturated rings. The summed E-state index contributed by atoms with van der Waals surface area (Å²) in [6.07, 6.45) is 5.81. The molecule has 1 aromatic carbocycles. The summed E-state index contributed by atoms with van der Waals surface area (Å²) < 4.78 is 0. The summed E-state index contributed by atoms with van der Waals surface area (Å²) in [5, 5.41) is 3.60. The number of benzene rings is 1. The number of nitrogens with one attached hydrogen (secondary N) is 2. The third kappa shape index (κ3) is 2.99. The van der Waals surface area contributed by atoms with Crippen LogP contribution in [-0.2, 0) is 0 Å². The van der Waals surface area contributed by atoms with Crippen molar-refractivity contribution in [1.29, 1.82) is 0 Å². The molecule has 118 valence electrons. The Hall–Kier alpha value is -1.88. The van der Waals surface area contributed by atoms with Crippen LogP contribution in [0.2, 0.25) is 0 Å². The molecule has 0 saturated heterocycles. The fourth-order valence-corrected chi connectivity index (χ4v) is 3.37. The molecule has 1 aromatic heterocycles. The van der Waals surface area contributed by atoms with Gasteiger partial charge in [0.15, 0.2) is 0 Å². The van der Waals surface area contributed by atoms with E-state index in [2.05, 4.69) is 22.2 Å². The Bertz CT molecular complexity index is 656. The first kappa shape index (κ1) is 15.0. The molecular weight excluding hydrogens is 276 g/mol. The molecule has 4 N–H and O–H groups in total. The molecule has 0 aliphatic heterocycles. The van der Waals surface area contributed by atoms with Crippen molar-refractivity contribution < 1.29 is 4.79 Å². The number of hydrogen-bond donors (Lipinski definition) is 3. The first-order valence-electron chi connectivity index (χ1n) is 8.21. The standard InChI is InChI=1S/C17H24N4O/c1-2-10-19-12-8-6-11(7-9-12)17-20-14-5-3-4-13(16(18)22)15(14)21-17/h3-5,11-12,19H,2,6-10H2,1H3,(H2,18,22)(H,20,21)/t11-,12+. The molecule has 3 rings (SSSR count). The van der Waals surface area contributed by atoms with Gasteiger partial charge in [-0.3, -0.25) is 4.79 Å². The van der Waals surface area contributed by atoms with Gasteiger partial charge >= 0.3 is 0 Å². The summed E-state index contributed by atoms with van der Waals surface area (Å²) in [4.78, 5) is 19.5. The van der Waals surface area contributed by atoms with Crippen LogP contribution in [0.1, 0.15) is 61.1 Å². The summed E-state index contributed by atoms with van der Waals surface area (Å²) >= 11 is 0. The van der Waals surface area contributed by atoms with E-state index in [0.717, 1.165) is 36.2 Å². The molecule has 1 aliphatic carbocycles. The van der Waals surface area contributed by atoms with E-state index in [0.29, 0.717) is 17.5 Å². The van der Waals surface area contributed by atoms with Gasteiger partial charge in [0.1, 0.15) is 5.82 Å². The minimum atomic E-state index is -0.409. The van der Waals surface area contributed by atoms with E-state index in [1.54, 1.807) is 6.07 Å². The van der Waals surface area contributed by atoms with Crippen molar-refractivity contribution in [3.63, 3.8) is 0 Å². The Morgan fingerprint density at radius 2 is 2.14 bits per heavy atom. The molecule has 0 bridgehead atoms. The Labute approximate surface area is 130 Å². The number of nitrogens with zero attached hydrogens (tertiary/aromatic N) is 1. The molecule has 2 aromatic rings. The predicted molar refractivity (Wildman–Crippen MR) is 87.9 cm³/mol. The van der Waals surface area contributed by atoms with Gasteiger partial charge < -0.3 is 16.0 Å². The molecule has 0 atom stereocenters. The average Bonchev–Trinajstić information content (AvgIpc) is 2.97. The zero-order chi connectivity index (χ0) is 15.5. The summed E-state index contributed by atoms with van der Waals surface area (Å²) in [7, 11) is 0. The van der Waals surface area contributed by atoms with Gasteiger partial charge in [0.05, 0.1) is 16.6 Å². The number of aromatic amines is 1. The fourth-order valence-electron chi connectivity index (χ4n) is 3.37. The highest BCUT2D eigenvalue weighted by molar-refractivity contribution is 6.04. The zero-order valence-corrected chi connectivity index (χ0v) is 13.1. The molecule has 1 amide bonds. The molecule has 1 heterocycles. The molecule has 1 saturated carbocycles. The van der Waals surface area contributed by atoms with E-state index in [9.17, 15) is 4.79 Å². The smallest absolute Gasteiger partial charge is 0.250 e. The average molecular weight is 300 g/mol. The Kier molecular flexibility index (Phi) is 4.43. The molecule has 0 radical (unpaired) electrons.